The van der Waals surface area contributed by atoms with Crippen molar-refractivity contribution in [1.82, 2.24) is 4.90 Å². The standard InChI is InChI=1S/C20H23N3/c1-16-18-12-6-7-13-19(18)21-20(22-14-8-3-9-15-22)23(16)17-10-4-2-5-11-17/h2,4-7,10-13,16H,3,8-9,14-15H2,1H3. The molecule has 2 aliphatic rings. The van der Waals surface area contributed by atoms with Gasteiger partial charge in [0.2, 0.25) is 5.96 Å². The Kier molecular flexibility index (Phi) is 3.78. The largest absolute Gasteiger partial charge is 0.342 e. The lowest BCUT2D eigenvalue weighted by atomic mass is 10.0. The molecule has 2 aliphatic heterocycles. The maximum absolute atomic E-state index is 5.05. The van der Waals surface area contributed by atoms with Gasteiger partial charge in [-0.05, 0) is 44.4 Å². The molecular weight excluding hydrogens is 282 g/mol. The van der Waals surface area contributed by atoms with Gasteiger partial charge in [0, 0.05) is 24.3 Å². The van der Waals surface area contributed by atoms with Crippen LogP contribution in [-0.4, -0.2) is 23.9 Å². The number of hydrogen-bond acceptors (Lipinski definition) is 3. The Morgan fingerprint density at radius 3 is 2.35 bits per heavy atom. The molecule has 0 amide bonds. The molecule has 0 N–H and O–H groups in total. The summed E-state index contributed by atoms with van der Waals surface area (Å²) in [4.78, 5) is 9.90. The molecule has 3 nitrogen and oxygen atoms in total. The first-order valence-electron chi connectivity index (χ1n) is 8.61. The molecule has 4 rings (SSSR count). The number of benzene rings is 2. The highest BCUT2D eigenvalue weighted by Gasteiger charge is 2.31. The highest BCUT2D eigenvalue weighted by atomic mass is 15.4. The van der Waals surface area contributed by atoms with Crippen LogP contribution in [0.1, 0.15) is 37.8 Å². The summed E-state index contributed by atoms with van der Waals surface area (Å²) >= 11 is 0. The summed E-state index contributed by atoms with van der Waals surface area (Å²) in [6.45, 7) is 4.50. The molecule has 1 atom stereocenters. The van der Waals surface area contributed by atoms with Crippen molar-refractivity contribution in [2.24, 2.45) is 4.99 Å². The van der Waals surface area contributed by atoms with Crippen molar-refractivity contribution >= 4 is 17.3 Å². The number of hydrogen-bond donors (Lipinski definition) is 0. The minimum Gasteiger partial charge on any atom is -0.342 e. The van der Waals surface area contributed by atoms with E-state index in [0.29, 0.717) is 6.04 Å². The van der Waals surface area contributed by atoms with E-state index in [0.717, 1.165) is 24.7 Å². The number of rotatable bonds is 1. The molecule has 2 aromatic rings. The molecule has 0 aliphatic carbocycles. The van der Waals surface area contributed by atoms with Gasteiger partial charge in [0.25, 0.3) is 0 Å². The molecule has 0 radical (unpaired) electrons. The van der Waals surface area contributed by atoms with Crippen LogP contribution in [-0.2, 0) is 0 Å². The molecule has 0 spiro atoms. The summed E-state index contributed by atoms with van der Waals surface area (Å²) in [6, 6.07) is 19.5. The summed E-state index contributed by atoms with van der Waals surface area (Å²) < 4.78 is 0. The van der Waals surface area contributed by atoms with Gasteiger partial charge in [0.15, 0.2) is 0 Å². The monoisotopic (exact) mass is 305 g/mol. The van der Waals surface area contributed by atoms with E-state index in [1.807, 2.05) is 0 Å². The fourth-order valence-electron chi connectivity index (χ4n) is 3.66. The number of aliphatic imine (C=N–C) groups is 1. The molecule has 0 saturated carbocycles. The van der Waals surface area contributed by atoms with E-state index in [1.54, 1.807) is 0 Å². The van der Waals surface area contributed by atoms with Gasteiger partial charge in [0.05, 0.1) is 11.7 Å². The molecular formula is C20H23N3. The molecule has 2 heterocycles. The van der Waals surface area contributed by atoms with Crippen molar-refractivity contribution in [1.29, 1.82) is 0 Å². The maximum atomic E-state index is 5.05. The van der Waals surface area contributed by atoms with Crippen molar-refractivity contribution in [3.63, 3.8) is 0 Å². The van der Waals surface area contributed by atoms with Crippen LogP contribution in [0.25, 0.3) is 0 Å². The second-order valence-electron chi connectivity index (χ2n) is 6.40. The Bertz CT molecular complexity index is 702. The Hall–Kier alpha value is -2.29. The van der Waals surface area contributed by atoms with Gasteiger partial charge in [-0.15, -0.1) is 0 Å². The van der Waals surface area contributed by atoms with Crippen molar-refractivity contribution in [2.45, 2.75) is 32.2 Å². The molecule has 1 saturated heterocycles. The molecule has 3 heteroatoms. The van der Waals surface area contributed by atoms with Crippen LogP contribution < -0.4 is 4.90 Å². The third-order valence-corrected chi connectivity index (χ3v) is 4.88. The van der Waals surface area contributed by atoms with Gasteiger partial charge in [-0.2, -0.15) is 0 Å². The molecule has 2 aromatic carbocycles. The molecule has 118 valence electrons. The highest BCUT2D eigenvalue weighted by molar-refractivity contribution is 6.00. The smallest absolute Gasteiger partial charge is 0.206 e. The first-order chi connectivity index (χ1) is 11.3. The van der Waals surface area contributed by atoms with Crippen molar-refractivity contribution in [3.8, 4) is 0 Å². The van der Waals surface area contributed by atoms with Crippen LogP contribution in [0.15, 0.2) is 59.6 Å². The number of para-hydroxylation sites is 2. The van der Waals surface area contributed by atoms with E-state index in [1.165, 1.54) is 30.5 Å². The average molecular weight is 305 g/mol. The van der Waals surface area contributed by atoms with E-state index >= 15 is 0 Å². The number of likely N-dealkylation sites (tertiary alicyclic amines) is 1. The second-order valence-corrected chi connectivity index (χ2v) is 6.40. The van der Waals surface area contributed by atoms with E-state index in [2.05, 4.69) is 71.3 Å². The number of guanidine groups is 1. The maximum Gasteiger partial charge on any atom is 0.206 e. The fraction of sp³-hybridized carbons (Fsp3) is 0.350. The zero-order chi connectivity index (χ0) is 15.6. The minimum absolute atomic E-state index is 0.294. The van der Waals surface area contributed by atoms with Gasteiger partial charge >= 0.3 is 0 Å². The second kappa shape index (κ2) is 6.07. The number of anilines is 1. The van der Waals surface area contributed by atoms with Crippen LogP contribution in [0.3, 0.4) is 0 Å². The Morgan fingerprint density at radius 1 is 0.870 bits per heavy atom. The Balaban J connectivity index is 1.81. The topological polar surface area (TPSA) is 18.8 Å². The van der Waals surface area contributed by atoms with Crippen LogP contribution in [0.5, 0.6) is 0 Å². The highest BCUT2D eigenvalue weighted by Crippen LogP contribution is 2.38. The van der Waals surface area contributed by atoms with Gasteiger partial charge in [-0.25, -0.2) is 4.99 Å². The molecule has 23 heavy (non-hydrogen) atoms. The van der Waals surface area contributed by atoms with E-state index in [9.17, 15) is 0 Å². The van der Waals surface area contributed by atoms with E-state index in [-0.39, 0.29) is 0 Å². The first-order valence-corrected chi connectivity index (χ1v) is 8.61. The number of piperidine rings is 1. The summed E-state index contributed by atoms with van der Waals surface area (Å²) in [7, 11) is 0. The van der Waals surface area contributed by atoms with Crippen LogP contribution in [0.4, 0.5) is 11.4 Å². The van der Waals surface area contributed by atoms with Crippen molar-refractivity contribution in [3.05, 3.63) is 60.2 Å². The summed E-state index contributed by atoms with van der Waals surface area (Å²) in [6.07, 6.45) is 3.86. The molecule has 1 unspecified atom stereocenters. The van der Waals surface area contributed by atoms with Crippen LogP contribution in [0, 0.1) is 0 Å². The van der Waals surface area contributed by atoms with Crippen molar-refractivity contribution < 1.29 is 0 Å². The summed E-state index contributed by atoms with van der Waals surface area (Å²) in [5.41, 5.74) is 3.64. The third-order valence-electron chi connectivity index (χ3n) is 4.88. The third kappa shape index (κ3) is 2.61. The predicted molar refractivity (Wildman–Crippen MR) is 96.3 cm³/mol. The number of nitrogens with zero attached hydrogens (tertiary/aromatic N) is 3. The SMILES string of the molecule is CC1c2ccccc2N=C(N2CCCCC2)N1c1ccccc1. The summed E-state index contributed by atoms with van der Waals surface area (Å²) in [5, 5.41) is 0. The zero-order valence-corrected chi connectivity index (χ0v) is 13.7. The average Bonchev–Trinajstić information content (AvgIpc) is 2.63. The quantitative estimate of drug-likeness (QED) is 0.757. The molecule has 0 bridgehead atoms. The zero-order valence-electron chi connectivity index (χ0n) is 13.7. The van der Waals surface area contributed by atoms with E-state index in [4.69, 9.17) is 4.99 Å². The lowest BCUT2D eigenvalue weighted by molar-refractivity contribution is 0.334. The summed E-state index contributed by atoms with van der Waals surface area (Å²) in [5.74, 6) is 1.11. The lowest BCUT2D eigenvalue weighted by Crippen LogP contribution is -2.49. The predicted octanol–water partition coefficient (Wildman–Crippen LogP) is 4.74. The van der Waals surface area contributed by atoms with Crippen LogP contribution >= 0.6 is 0 Å². The Morgan fingerprint density at radius 2 is 1.57 bits per heavy atom. The van der Waals surface area contributed by atoms with Gasteiger partial charge in [0.1, 0.15) is 0 Å². The normalized spacial score (nSPS) is 20.9. The van der Waals surface area contributed by atoms with E-state index < -0.39 is 0 Å². The van der Waals surface area contributed by atoms with Gasteiger partial charge in [-0.1, -0.05) is 36.4 Å². The first kappa shape index (κ1) is 14.3. The molecule has 0 aromatic heterocycles. The number of fused-ring (bicyclic) bond motifs is 1. The van der Waals surface area contributed by atoms with Crippen molar-refractivity contribution in [2.75, 3.05) is 18.0 Å². The lowest BCUT2D eigenvalue weighted by Gasteiger charge is -2.42. The Labute approximate surface area is 138 Å². The van der Waals surface area contributed by atoms with Crippen LogP contribution in [0.2, 0.25) is 0 Å². The molecule has 1 fully saturated rings. The fourth-order valence-corrected chi connectivity index (χ4v) is 3.66. The van der Waals surface area contributed by atoms with Gasteiger partial charge in [-0.3, -0.25) is 0 Å². The minimum atomic E-state index is 0.294. The van der Waals surface area contributed by atoms with Gasteiger partial charge < -0.3 is 9.80 Å².